The van der Waals surface area contributed by atoms with Crippen LogP contribution in [0.1, 0.15) is 13.8 Å². The lowest BCUT2D eigenvalue weighted by Gasteiger charge is -1.96. The third-order valence-electron chi connectivity index (χ3n) is 1.77. The number of halogens is 1. The molecule has 0 heterocycles. The number of hydrogen-bond acceptors (Lipinski definition) is 4. The Morgan fingerprint density at radius 3 is 2.25 bits per heavy atom. The van der Waals surface area contributed by atoms with Gasteiger partial charge in [-0.3, -0.25) is 4.79 Å². The van der Waals surface area contributed by atoms with Crippen LogP contribution in [0.3, 0.4) is 0 Å². The lowest BCUT2D eigenvalue weighted by molar-refractivity contribution is -0.113. The van der Waals surface area contributed by atoms with Crippen molar-refractivity contribution in [1.82, 2.24) is 0 Å². The van der Waals surface area contributed by atoms with Gasteiger partial charge >= 0.3 is 0 Å². The Bertz CT molecular complexity index is 446. The Morgan fingerprint density at radius 1 is 1.25 bits per heavy atom. The molecule has 0 aliphatic heterocycles. The van der Waals surface area contributed by atoms with Gasteiger partial charge in [0.05, 0.1) is 5.69 Å². The number of benzene rings is 1. The van der Waals surface area contributed by atoms with Gasteiger partial charge in [-0.15, -0.1) is 5.11 Å². The maximum Gasteiger partial charge on any atom is 0.183 e. The zero-order valence-electron chi connectivity index (χ0n) is 8.94. The fraction of sp³-hybridized carbons (Fsp3) is 0.182. The topological polar surface area (TPSA) is 62.0 Å². The van der Waals surface area contributed by atoms with Crippen LogP contribution >= 0.6 is 15.9 Å². The van der Waals surface area contributed by atoms with Crippen LogP contribution in [-0.4, -0.2) is 10.9 Å². The van der Waals surface area contributed by atoms with Crippen molar-refractivity contribution in [3.63, 3.8) is 0 Å². The van der Waals surface area contributed by atoms with Gasteiger partial charge in [-0.25, -0.2) is 0 Å². The number of azo groups is 1. The highest BCUT2D eigenvalue weighted by molar-refractivity contribution is 9.10. The number of aliphatic hydroxyl groups is 1. The van der Waals surface area contributed by atoms with Crippen LogP contribution in [0.4, 0.5) is 5.69 Å². The molecule has 1 aromatic rings. The molecule has 84 valence electrons. The van der Waals surface area contributed by atoms with Gasteiger partial charge in [-0.1, -0.05) is 15.9 Å². The van der Waals surface area contributed by atoms with E-state index < -0.39 is 0 Å². The van der Waals surface area contributed by atoms with Crippen molar-refractivity contribution in [3.05, 3.63) is 40.2 Å². The van der Waals surface area contributed by atoms with Crippen LogP contribution in [-0.2, 0) is 4.79 Å². The normalized spacial score (nSPS) is 12.7. The summed E-state index contributed by atoms with van der Waals surface area (Å²) in [5, 5.41) is 16.8. The van der Waals surface area contributed by atoms with E-state index in [9.17, 15) is 9.90 Å². The number of nitrogens with zero attached hydrogens (tertiary/aromatic N) is 2. The molecule has 0 aliphatic rings. The number of carbonyl (C=O) groups is 1. The third-order valence-corrected chi connectivity index (χ3v) is 2.30. The largest absolute Gasteiger partial charge is 0.510 e. The van der Waals surface area contributed by atoms with Crippen LogP contribution in [0.15, 0.2) is 50.4 Å². The molecule has 0 amide bonds. The number of allylic oxidation sites excluding steroid dienone is 2. The summed E-state index contributed by atoms with van der Waals surface area (Å²) in [6.45, 7) is 2.73. The Hall–Kier alpha value is -1.49. The number of Topliss-reactive ketones (excluding diaryl/α,β-unsaturated/α-hetero) is 1. The van der Waals surface area contributed by atoms with E-state index in [0.29, 0.717) is 5.69 Å². The molecular weight excluding hydrogens is 272 g/mol. The molecule has 0 aromatic heterocycles. The average Bonchev–Trinajstić information content (AvgIpc) is 2.20. The molecule has 0 saturated heterocycles. The predicted molar refractivity (Wildman–Crippen MR) is 64.7 cm³/mol. The summed E-state index contributed by atoms with van der Waals surface area (Å²) in [7, 11) is 0. The van der Waals surface area contributed by atoms with Crippen LogP contribution in [0.25, 0.3) is 0 Å². The minimum atomic E-state index is -0.319. The van der Waals surface area contributed by atoms with Crippen molar-refractivity contribution in [2.75, 3.05) is 0 Å². The van der Waals surface area contributed by atoms with Gasteiger partial charge in [0.25, 0.3) is 0 Å². The van der Waals surface area contributed by atoms with E-state index in [1.165, 1.54) is 13.8 Å². The summed E-state index contributed by atoms with van der Waals surface area (Å²) in [4.78, 5) is 11.1. The van der Waals surface area contributed by atoms with Crippen LogP contribution in [0.5, 0.6) is 0 Å². The first-order valence-electron chi connectivity index (χ1n) is 4.59. The van der Waals surface area contributed by atoms with E-state index in [-0.39, 0.29) is 17.2 Å². The molecule has 0 unspecified atom stereocenters. The monoisotopic (exact) mass is 282 g/mol. The molecule has 0 bridgehead atoms. The lowest BCUT2D eigenvalue weighted by Crippen LogP contribution is -1.96. The van der Waals surface area contributed by atoms with Crippen molar-refractivity contribution in [1.29, 1.82) is 0 Å². The first-order chi connectivity index (χ1) is 7.50. The van der Waals surface area contributed by atoms with Gasteiger partial charge in [0, 0.05) is 11.4 Å². The molecule has 0 saturated carbocycles. The highest BCUT2D eigenvalue weighted by atomic mass is 79.9. The van der Waals surface area contributed by atoms with E-state index in [2.05, 4.69) is 26.2 Å². The molecule has 4 nitrogen and oxygen atoms in total. The second-order valence-electron chi connectivity index (χ2n) is 3.17. The molecule has 0 radical (unpaired) electrons. The average molecular weight is 283 g/mol. The summed E-state index contributed by atoms with van der Waals surface area (Å²) >= 11 is 3.30. The SMILES string of the molecule is CC(=O)/C(N=Nc1ccc(Br)cc1)=C(/C)O. The van der Waals surface area contributed by atoms with Crippen molar-refractivity contribution < 1.29 is 9.90 Å². The van der Waals surface area contributed by atoms with E-state index >= 15 is 0 Å². The van der Waals surface area contributed by atoms with Gasteiger partial charge < -0.3 is 5.11 Å². The maximum atomic E-state index is 11.1. The summed E-state index contributed by atoms with van der Waals surface area (Å²) in [5.74, 6) is -0.450. The minimum Gasteiger partial charge on any atom is -0.510 e. The Kier molecular flexibility index (Phi) is 4.37. The van der Waals surface area contributed by atoms with Crippen molar-refractivity contribution in [3.8, 4) is 0 Å². The molecule has 1 N–H and O–H groups in total. The van der Waals surface area contributed by atoms with E-state index in [0.717, 1.165) is 4.47 Å². The first kappa shape index (κ1) is 12.6. The lowest BCUT2D eigenvalue weighted by atomic mass is 10.3. The molecule has 5 heteroatoms. The number of carbonyl (C=O) groups excluding carboxylic acids is 1. The Labute approximate surface area is 102 Å². The first-order valence-corrected chi connectivity index (χ1v) is 5.38. The second kappa shape index (κ2) is 5.55. The van der Waals surface area contributed by atoms with Gasteiger partial charge in [0.1, 0.15) is 5.76 Å². The molecule has 0 fully saturated rings. The van der Waals surface area contributed by atoms with Gasteiger partial charge in [-0.05, 0) is 31.2 Å². The smallest absolute Gasteiger partial charge is 0.183 e. The highest BCUT2D eigenvalue weighted by Gasteiger charge is 2.06. The summed E-state index contributed by atoms with van der Waals surface area (Å²) in [6.07, 6.45) is 0. The van der Waals surface area contributed by atoms with Crippen molar-refractivity contribution >= 4 is 27.4 Å². The fourth-order valence-corrected chi connectivity index (χ4v) is 1.28. The Morgan fingerprint density at radius 2 is 1.81 bits per heavy atom. The fourth-order valence-electron chi connectivity index (χ4n) is 1.01. The predicted octanol–water partition coefficient (Wildman–Crippen LogP) is 3.91. The molecular formula is C11H11BrN2O2. The standard InChI is InChI=1S/C11H11BrN2O2/c1-7(15)11(8(2)16)14-13-10-5-3-9(12)4-6-10/h3-6,15H,1-2H3/b11-7+,14-13?. The molecule has 1 aromatic carbocycles. The number of rotatable bonds is 3. The zero-order chi connectivity index (χ0) is 12.1. The van der Waals surface area contributed by atoms with Crippen molar-refractivity contribution in [2.24, 2.45) is 10.2 Å². The molecule has 1 rings (SSSR count). The van der Waals surface area contributed by atoms with Gasteiger partial charge in [0.15, 0.2) is 11.5 Å². The molecule has 0 aliphatic carbocycles. The summed E-state index contributed by atoms with van der Waals surface area (Å²) in [5.41, 5.74) is 0.589. The number of aliphatic hydroxyl groups excluding tert-OH is 1. The minimum absolute atomic E-state index is 0.0251. The number of ketones is 1. The molecule has 0 atom stereocenters. The van der Waals surface area contributed by atoms with Crippen LogP contribution in [0, 0.1) is 0 Å². The maximum absolute atomic E-state index is 11.1. The van der Waals surface area contributed by atoms with Crippen LogP contribution in [0.2, 0.25) is 0 Å². The van der Waals surface area contributed by atoms with Gasteiger partial charge in [-0.2, -0.15) is 5.11 Å². The van der Waals surface area contributed by atoms with Gasteiger partial charge in [0.2, 0.25) is 0 Å². The van der Waals surface area contributed by atoms with E-state index in [1.54, 1.807) is 12.1 Å². The molecule has 16 heavy (non-hydrogen) atoms. The van der Waals surface area contributed by atoms with Crippen LogP contribution < -0.4 is 0 Å². The highest BCUT2D eigenvalue weighted by Crippen LogP contribution is 2.18. The zero-order valence-corrected chi connectivity index (χ0v) is 10.5. The van der Waals surface area contributed by atoms with E-state index in [4.69, 9.17) is 0 Å². The quantitative estimate of drug-likeness (QED) is 0.519. The Balaban J connectivity index is 2.92. The summed E-state index contributed by atoms with van der Waals surface area (Å²) in [6, 6.07) is 7.13. The third kappa shape index (κ3) is 3.58. The number of hydrogen-bond donors (Lipinski definition) is 1. The second-order valence-corrected chi connectivity index (χ2v) is 4.08. The molecule has 0 spiro atoms. The van der Waals surface area contributed by atoms with E-state index in [1.807, 2.05) is 12.1 Å². The summed E-state index contributed by atoms with van der Waals surface area (Å²) < 4.78 is 0.937. The van der Waals surface area contributed by atoms with Crippen molar-refractivity contribution in [2.45, 2.75) is 13.8 Å².